The summed E-state index contributed by atoms with van der Waals surface area (Å²) in [7, 11) is 0. The van der Waals surface area contributed by atoms with Gasteiger partial charge in [-0.05, 0) is 35.0 Å². The minimum absolute atomic E-state index is 0.283. The third-order valence-electron chi connectivity index (χ3n) is 3.69. The molecule has 0 radical (unpaired) electrons. The highest BCUT2D eigenvalue weighted by molar-refractivity contribution is 6.08. The zero-order valence-corrected chi connectivity index (χ0v) is 10.8. The van der Waals surface area contributed by atoms with Gasteiger partial charge in [0.1, 0.15) is 5.75 Å². The molecule has 0 atom stereocenters. The number of aromatic nitrogens is 1. The summed E-state index contributed by atoms with van der Waals surface area (Å²) < 4.78 is 0. The number of nitrogens with one attached hydrogen (secondary N) is 1. The van der Waals surface area contributed by atoms with Gasteiger partial charge in [-0.15, -0.1) is 0 Å². The van der Waals surface area contributed by atoms with Crippen LogP contribution in [0, 0.1) is 0 Å². The molecule has 0 bridgehead atoms. The molecule has 0 aliphatic rings. The highest BCUT2D eigenvalue weighted by Gasteiger charge is 2.06. The molecule has 0 aliphatic carbocycles. The van der Waals surface area contributed by atoms with Crippen molar-refractivity contribution in [1.29, 1.82) is 0 Å². The topological polar surface area (TPSA) is 36.0 Å². The lowest BCUT2D eigenvalue weighted by Gasteiger charge is -1.97. The predicted octanol–water partition coefficient (Wildman–Crippen LogP) is 4.69. The third-order valence-corrected chi connectivity index (χ3v) is 3.69. The van der Waals surface area contributed by atoms with Crippen molar-refractivity contribution >= 4 is 21.7 Å². The Morgan fingerprint density at radius 2 is 1.65 bits per heavy atom. The summed E-state index contributed by atoms with van der Waals surface area (Å²) in [6, 6.07) is 22.0. The molecule has 0 fully saturated rings. The smallest absolute Gasteiger partial charge is 0.116 e. The third kappa shape index (κ3) is 1.66. The second-order valence-corrected chi connectivity index (χ2v) is 4.98. The fourth-order valence-corrected chi connectivity index (χ4v) is 2.71. The van der Waals surface area contributed by atoms with Crippen molar-refractivity contribution < 1.29 is 5.11 Å². The Balaban J connectivity index is 2.01. The first-order valence-corrected chi connectivity index (χ1v) is 6.61. The second-order valence-electron chi connectivity index (χ2n) is 4.98. The Bertz CT molecular complexity index is 921. The molecule has 0 aliphatic heterocycles. The van der Waals surface area contributed by atoms with Gasteiger partial charge in [0.15, 0.2) is 0 Å². The molecule has 2 N–H and O–H groups in total. The zero-order chi connectivity index (χ0) is 13.5. The van der Waals surface area contributed by atoms with Crippen LogP contribution < -0.4 is 0 Å². The Morgan fingerprint density at radius 1 is 0.750 bits per heavy atom. The van der Waals surface area contributed by atoms with Crippen LogP contribution in [0.25, 0.3) is 32.9 Å². The molecule has 0 unspecified atom stereocenters. The van der Waals surface area contributed by atoms with Gasteiger partial charge >= 0.3 is 0 Å². The van der Waals surface area contributed by atoms with Crippen LogP contribution in [0.1, 0.15) is 0 Å². The molecule has 2 heteroatoms. The van der Waals surface area contributed by atoms with Gasteiger partial charge in [0.05, 0.1) is 0 Å². The number of aromatic amines is 1. The summed E-state index contributed by atoms with van der Waals surface area (Å²) in [6.07, 6.45) is 0. The summed E-state index contributed by atoms with van der Waals surface area (Å²) in [5.74, 6) is 0.283. The van der Waals surface area contributed by atoms with Crippen molar-refractivity contribution in [2.24, 2.45) is 0 Å². The van der Waals surface area contributed by atoms with Gasteiger partial charge < -0.3 is 10.1 Å². The van der Waals surface area contributed by atoms with Crippen molar-refractivity contribution in [3.8, 4) is 17.0 Å². The van der Waals surface area contributed by atoms with Crippen molar-refractivity contribution in [2.75, 3.05) is 0 Å². The van der Waals surface area contributed by atoms with E-state index in [1.807, 2.05) is 12.1 Å². The van der Waals surface area contributed by atoms with Crippen LogP contribution in [-0.2, 0) is 0 Å². The van der Waals surface area contributed by atoms with Gasteiger partial charge in [0, 0.05) is 22.2 Å². The van der Waals surface area contributed by atoms with Gasteiger partial charge in [-0.25, -0.2) is 0 Å². The SMILES string of the molecule is Oc1cccc(-c2cc3c(ccc4ccccc43)[nH]2)c1. The van der Waals surface area contributed by atoms with Crippen LogP contribution in [0.15, 0.2) is 66.7 Å². The molecular formula is C18H13NO. The normalized spacial score (nSPS) is 11.2. The molecule has 96 valence electrons. The number of aromatic hydroxyl groups is 1. The lowest BCUT2D eigenvalue weighted by molar-refractivity contribution is 0.475. The Hall–Kier alpha value is -2.74. The number of fused-ring (bicyclic) bond motifs is 3. The molecule has 20 heavy (non-hydrogen) atoms. The van der Waals surface area contributed by atoms with E-state index < -0.39 is 0 Å². The molecule has 0 spiro atoms. The summed E-state index contributed by atoms with van der Waals surface area (Å²) in [5, 5.41) is 13.3. The first-order valence-electron chi connectivity index (χ1n) is 6.61. The molecule has 4 rings (SSSR count). The lowest BCUT2D eigenvalue weighted by Crippen LogP contribution is -1.76. The van der Waals surface area contributed by atoms with E-state index in [-0.39, 0.29) is 5.75 Å². The fourth-order valence-electron chi connectivity index (χ4n) is 2.71. The fraction of sp³-hybridized carbons (Fsp3) is 0. The number of hydrogen-bond acceptors (Lipinski definition) is 1. The van der Waals surface area contributed by atoms with Crippen molar-refractivity contribution in [3.63, 3.8) is 0 Å². The Labute approximate surface area is 116 Å². The van der Waals surface area contributed by atoms with E-state index in [0.717, 1.165) is 16.8 Å². The number of phenolic OH excluding ortho intramolecular Hbond substituents is 1. The summed E-state index contributed by atoms with van der Waals surface area (Å²) in [4.78, 5) is 3.42. The molecule has 0 saturated carbocycles. The molecule has 2 nitrogen and oxygen atoms in total. The summed E-state index contributed by atoms with van der Waals surface area (Å²) in [5.41, 5.74) is 3.12. The van der Waals surface area contributed by atoms with Gasteiger partial charge in [0.2, 0.25) is 0 Å². The summed E-state index contributed by atoms with van der Waals surface area (Å²) in [6.45, 7) is 0. The minimum atomic E-state index is 0.283. The molecule has 4 aromatic rings. The largest absolute Gasteiger partial charge is 0.508 e. The number of benzene rings is 3. The van der Waals surface area contributed by atoms with E-state index in [2.05, 4.69) is 47.4 Å². The van der Waals surface area contributed by atoms with Gasteiger partial charge in [-0.2, -0.15) is 0 Å². The maximum absolute atomic E-state index is 9.61. The van der Waals surface area contributed by atoms with Crippen LogP contribution in [0.4, 0.5) is 0 Å². The molecule has 1 aromatic heterocycles. The predicted molar refractivity (Wildman–Crippen MR) is 82.9 cm³/mol. The molecule has 3 aromatic carbocycles. The van der Waals surface area contributed by atoms with Gasteiger partial charge in [-0.1, -0.05) is 42.5 Å². The van der Waals surface area contributed by atoms with Gasteiger partial charge in [0.25, 0.3) is 0 Å². The summed E-state index contributed by atoms with van der Waals surface area (Å²) >= 11 is 0. The van der Waals surface area contributed by atoms with E-state index >= 15 is 0 Å². The first kappa shape index (κ1) is 11.1. The highest BCUT2D eigenvalue weighted by atomic mass is 16.3. The standard InChI is InChI=1S/C18H13NO/c20-14-6-3-5-13(10-14)18-11-16-15-7-2-1-4-12(15)8-9-17(16)19-18/h1-11,19-20H. The highest BCUT2D eigenvalue weighted by Crippen LogP contribution is 2.30. The first-order chi connectivity index (χ1) is 9.81. The Morgan fingerprint density at radius 3 is 2.55 bits per heavy atom. The maximum atomic E-state index is 9.61. The van der Waals surface area contributed by atoms with Crippen LogP contribution in [0.3, 0.4) is 0 Å². The molecular weight excluding hydrogens is 246 g/mol. The average Bonchev–Trinajstić information content (AvgIpc) is 2.92. The monoisotopic (exact) mass is 259 g/mol. The average molecular weight is 259 g/mol. The molecule has 0 saturated heterocycles. The minimum Gasteiger partial charge on any atom is -0.508 e. The second kappa shape index (κ2) is 4.14. The van der Waals surface area contributed by atoms with E-state index in [0.29, 0.717) is 0 Å². The van der Waals surface area contributed by atoms with Crippen molar-refractivity contribution in [1.82, 2.24) is 4.98 Å². The van der Waals surface area contributed by atoms with Gasteiger partial charge in [-0.3, -0.25) is 0 Å². The van der Waals surface area contributed by atoms with Crippen LogP contribution in [-0.4, -0.2) is 10.1 Å². The van der Waals surface area contributed by atoms with E-state index in [4.69, 9.17) is 0 Å². The van der Waals surface area contributed by atoms with Crippen LogP contribution >= 0.6 is 0 Å². The van der Waals surface area contributed by atoms with Crippen LogP contribution in [0.2, 0.25) is 0 Å². The molecule has 1 heterocycles. The number of phenols is 1. The number of H-pyrrole nitrogens is 1. The number of rotatable bonds is 1. The molecule has 0 amide bonds. The van der Waals surface area contributed by atoms with Crippen molar-refractivity contribution in [3.05, 3.63) is 66.7 Å². The zero-order valence-electron chi connectivity index (χ0n) is 10.8. The van der Waals surface area contributed by atoms with Crippen molar-refractivity contribution in [2.45, 2.75) is 0 Å². The lowest BCUT2D eigenvalue weighted by atomic mass is 10.1. The quantitative estimate of drug-likeness (QED) is 0.511. The Kier molecular flexibility index (Phi) is 2.30. The van der Waals surface area contributed by atoms with E-state index in [9.17, 15) is 5.11 Å². The maximum Gasteiger partial charge on any atom is 0.116 e. The number of hydrogen-bond donors (Lipinski definition) is 2. The van der Waals surface area contributed by atoms with E-state index in [1.54, 1.807) is 12.1 Å². The van der Waals surface area contributed by atoms with E-state index in [1.165, 1.54) is 16.2 Å². The van der Waals surface area contributed by atoms with Crippen LogP contribution in [0.5, 0.6) is 5.75 Å².